The molecule has 1 aromatic carbocycles. The molecule has 0 saturated carbocycles. The Kier molecular flexibility index (Phi) is 7.96. The van der Waals surface area contributed by atoms with E-state index in [0.29, 0.717) is 12.2 Å². The van der Waals surface area contributed by atoms with Gasteiger partial charge in [0.05, 0.1) is 0 Å². The van der Waals surface area contributed by atoms with Crippen molar-refractivity contribution in [3.8, 4) is 0 Å². The van der Waals surface area contributed by atoms with E-state index in [-0.39, 0.29) is 5.91 Å². The van der Waals surface area contributed by atoms with E-state index < -0.39 is 12.2 Å². The third kappa shape index (κ3) is 8.12. The van der Waals surface area contributed by atoms with Crippen LogP contribution in [-0.4, -0.2) is 34.9 Å². The monoisotopic (exact) mass is 254 g/mol. The molecule has 0 unspecified atom stereocenters. The van der Waals surface area contributed by atoms with Crippen LogP contribution in [0.4, 0.5) is 10.5 Å². The summed E-state index contributed by atoms with van der Waals surface area (Å²) in [4.78, 5) is 20.4. The standard InChI is InChI=1S/C7H7NO2.C5H11NO2/c9-7(10)8-6-4-2-1-3-5-6;1-3-6-5(8)4(2)7/h1-5,8H,(H,9,10);4,7H,3H2,1-2H3,(H,6,8)/t;4-/m.1/s1. The van der Waals surface area contributed by atoms with Gasteiger partial charge in [0.2, 0.25) is 5.91 Å². The van der Waals surface area contributed by atoms with Crippen molar-refractivity contribution >= 4 is 17.7 Å². The summed E-state index contributed by atoms with van der Waals surface area (Å²) in [6.07, 6.45) is -1.92. The second-order valence-corrected chi connectivity index (χ2v) is 3.37. The average molecular weight is 254 g/mol. The lowest BCUT2D eigenvalue weighted by Crippen LogP contribution is -2.31. The first-order chi connectivity index (χ1) is 8.47. The van der Waals surface area contributed by atoms with Gasteiger partial charge >= 0.3 is 6.09 Å². The van der Waals surface area contributed by atoms with E-state index in [0.717, 1.165) is 0 Å². The van der Waals surface area contributed by atoms with Crippen LogP contribution in [0.2, 0.25) is 0 Å². The molecule has 0 bridgehead atoms. The number of carboxylic acid groups (broad SMARTS) is 1. The summed E-state index contributed by atoms with van der Waals surface area (Å²) in [5.41, 5.74) is 0.593. The minimum Gasteiger partial charge on any atom is -0.465 e. The van der Waals surface area contributed by atoms with Gasteiger partial charge in [-0.2, -0.15) is 0 Å². The Hall–Kier alpha value is -2.08. The zero-order valence-electron chi connectivity index (χ0n) is 10.4. The first kappa shape index (κ1) is 15.9. The first-order valence-corrected chi connectivity index (χ1v) is 5.48. The molecule has 1 rings (SSSR count). The molecule has 0 heterocycles. The van der Waals surface area contributed by atoms with Crippen molar-refractivity contribution in [2.75, 3.05) is 11.9 Å². The van der Waals surface area contributed by atoms with Crippen molar-refractivity contribution in [2.45, 2.75) is 20.0 Å². The lowest BCUT2D eigenvalue weighted by Gasteiger charge is -2.01. The Balaban J connectivity index is 0.000000331. The molecule has 1 aromatic rings. The largest absolute Gasteiger partial charge is 0.465 e. The van der Waals surface area contributed by atoms with E-state index in [1.54, 1.807) is 31.2 Å². The van der Waals surface area contributed by atoms with Crippen LogP contribution in [0.25, 0.3) is 0 Å². The summed E-state index contributed by atoms with van der Waals surface area (Å²) >= 11 is 0. The molecule has 0 saturated heterocycles. The number of para-hydroxylation sites is 1. The molecular formula is C12H18N2O4. The molecule has 18 heavy (non-hydrogen) atoms. The SMILES string of the molecule is CCNC(=O)[C@@H](C)O.O=C(O)Nc1ccccc1. The van der Waals surface area contributed by atoms with Crippen LogP contribution in [-0.2, 0) is 4.79 Å². The summed E-state index contributed by atoms with van der Waals surface area (Å²) in [7, 11) is 0. The van der Waals surface area contributed by atoms with Crippen LogP contribution in [0.3, 0.4) is 0 Å². The molecule has 1 atom stereocenters. The molecule has 0 radical (unpaired) electrons. The van der Waals surface area contributed by atoms with E-state index in [1.807, 2.05) is 6.07 Å². The number of aliphatic hydroxyl groups excluding tert-OH is 1. The molecule has 0 fully saturated rings. The third-order valence-electron chi connectivity index (χ3n) is 1.76. The van der Waals surface area contributed by atoms with Crippen molar-refractivity contribution in [3.05, 3.63) is 30.3 Å². The molecule has 4 N–H and O–H groups in total. The normalized spacial score (nSPS) is 10.6. The second-order valence-electron chi connectivity index (χ2n) is 3.37. The Morgan fingerprint density at radius 2 is 1.83 bits per heavy atom. The van der Waals surface area contributed by atoms with Crippen LogP contribution in [0.5, 0.6) is 0 Å². The van der Waals surface area contributed by atoms with Gasteiger partial charge in [0.15, 0.2) is 0 Å². The number of nitrogens with one attached hydrogen (secondary N) is 2. The zero-order valence-corrected chi connectivity index (χ0v) is 10.4. The van der Waals surface area contributed by atoms with Crippen molar-refractivity contribution in [2.24, 2.45) is 0 Å². The molecule has 6 nitrogen and oxygen atoms in total. The lowest BCUT2D eigenvalue weighted by molar-refractivity contribution is -0.128. The van der Waals surface area contributed by atoms with E-state index in [2.05, 4.69) is 10.6 Å². The zero-order chi connectivity index (χ0) is 14.0. The van der Waals surface area contributed by atoms with Gasteiger partial charge in [-0.1, -0.05) is 18.2 Å². The van der Waals surface area contributed by atoms with E-state index >= 15 is 0 Å². The molecule has 6 heteroatoms. The number of hydrogen-bond donors (Lipinski definition) is 4. The summed E-state index contributed by atoms with van der Waals surface area (Å²) < 4.78 is 0. The second kappa shape index (κ2) is 9.00. The van der Waals surface area contributed by atoms with Gasteiger partial charge in [-0.3, -0.25) is 10.1 Å². The summed E-state index contributed by atoms with van der Waals surface area (Å²) in [6.45, 7) is 3.81. The number of carbonyl (C=O) groups excluding carboxylic acids is 1. The minimum absolute atomic E-state index is 0.312. The van der Waals surface area contributed by atoms with Crippen LogP contribution >= 0.6 is 0 Å². The van der Waals surface area contributed by atoms with Crippen LogP contribution in [0.1, 0.15) is 13.8 Å². The third-order valence-corrected chi connectivity index (χ3v) is 1.76. The van der Waals surface area contributed by atoms with E-state index in [4.69, 9.17) is 10.2 Å². The van der Waals surface area contributed by atoms with Gasteiger partial charge in [-0.25, -0.2) is 4.79 Å². The Bertz CT molecular complexity index is 366. The smallest absolute Gasteiger partial charge is 0.409 e. The molecule has 0 aliphatic rings. The molecule has 0 aliphatic carbocycles. The predicted octanol–water partition coefficient (Wildman–Crippen LogP) is 1.28. The number of rotatable bonds is 3. The van der Waals surface area contributed by atoms with Gasteiger partial charge in [0.25, 0.3) is 0 Å². The van der Waals surface area contributed by atoms with Gasteiger partial charge < -0.3 is 15.5 Å². The molecule has 0 aliphatic heterocycles. The summed E-state index contributed by atoms with van der Waals surface area (Å²) in [6, 6.07) is 8.74. The van der Waals surface area contributed by atoms with Crippen LogP contribution in [0, 0.1) is 0 Å². The highest BCUT2D eigenvalue weighted by Gasteiger charge is 2.04. The number of anilines is 1. The Morgan fingerprint density at radius 3 is 2.17 bits per heavy atom. The van der Waals surface area contributed by atoms with Crippen molar-refractivity contribution < 1.29 is 19.8 Å². The molecule has 100 valence electrons. The molecule has 0 aromatic heterocycles. The predicted molar refractivity (Wildman–Crippen MR) is 68.5 cm³/mol. The quantitative estimate of drug-likeness (QED) is 0.653. The highest BCUT2D eigenvalue weighted by molar-refractivity contribution is 5.82. The fourth-order valence-corrected chi connectivity index (χ4v) is 0.967. The maximum Gasteiger partial charge on any atom is 0.409 e. The summed E-state index contributed by atoms with van der Waals surface area (Å²) in [5.74, 6) is -0.312. The van der Waals surface area contributed by atoms with Crippen LogP contribution < -0.4 is 10.6 Å². The number of amides is 2. The summed E-state index contributed by atoms with van der Waals surface area (Å²) in [5, 5.41) is 21.5. The Labute approximate surface area is 106 Å². The lowest BCUT2D eigenvalue weighted by atomic mass is 10.3. The minimum atomic E-state index is -1.04. The van der Waals surface area contributed by atoms with Gasteiger partial charge in [-0.05, 0) is 26.0 Å². The fourth-order valence-electron chi connectivity index (χ4n) is 0.967. The number of likely N-dealkylation sites (N-methyl/N-ethyl adjacent to an activating group) is 1. The molecule has 2 amide bonds. The number of carbonyl (C=O) groups is 2. The fraction of sp³-hybridized carbons (Fsp3) is 0.333. The maximum absolute atomic E-state index is 10.4. The molecular weight excluding hydrogens is 236 g/mol. The highest BCUT2D eigenvalue weighted by Crippen LogP contribution is 2.03. The maximum atomic E-state index is 10.4. The number of benzene rings is 1. The topological polar surface area (TPSA) is 98.7 Å². The highest BCUT2D eigenvalue weighted by atomic mass is 16.4. The van der Waals surface area contributed by atoms with Gasteiger partial charge in [0.1, 0.15) is 6.10 Å². The van der Waals surface area contributed by atoms with Gasteiger partial charge in [-0.15, -0.1) is 0 Å². The van der Waals surface area contributed by atoms with E-state index in [1.165, 1.54) is 6.92 Å². The van der Waals surface area contributed by atoms with Crippen molar-refractivity contribution in [1.82, 2.24) is 5.32 Å². The first-order valence-electron chi connectivity index (χ1n) is 5.48. The Morgan fingerprint density at radius 1 is 1.28 bits per heavy atom. The number of hydrogen-bond acceptors (Lipinski definition) is 3. The van der Waals surface area contributed by atoms with E-state index in [9.17, 15) is 9.59 Å². The average Bonchev–Trinajstić information content (AvgIpc) is 2.30. The van der Waals surface area contributed by atoms with Gasteiger partial charge in [0, 0.05) is 12.2 Å². The molecule has 0 spiro atoms. The van der Waals surface area contributed by atoms with Crippen LogP contribution in [0.15, 0.2) is 30.3 Å². The van der Waals surface area contributed by atoms with Crippen molar-refractivity contribution in [3.63, 3.8) is 0 Å². The van der Waals surface area contributed by atoms with Crippen molar-refractivity contribution in [1.29, 1.82) is 0 Å². The number of aliphatic hydroxyl groups is 1.